The van der Waals surface area contributed by atoms with Gasteiger partial charge in [-0.15, -0.1) is 0 Å². The minimum Gasteiger partial charge on any atom is -0.308 e. The van der Waals surface area contributed by atoms with Gasteiger partial charge in [0.25, 0.3) is 0 Å². The Morgan fingerprint density at radius 3 is 2.48 bits per heavy atom. The number of benzene rings is 1. The van der Waals surface area contributed by atoms with E-state index >= 15 is 0 Å². The fraction of sp³-hybridized carbons (Fsp3) is 0.500. The molecule has 0 bridgehead atoms. The summed E-state index contributed by atoms with van der Waals surface area (Å²) < 4.78 is 2.02. The maximum atomic E-state index is 4.63. The van der Waals surface area contributed by atoms with Crippen LogP contribution in [-0.2, 0) is 18.5 Å². The van der Waals surface area contributed by atoms with Gasteiger partial charge in [-0.05, 0) is 35.4 Å². The van der Waals surface area contributed by atoms with Crippen LogP contribution in [0, 0.1) is 0 Å². The third-order valence-corrected chi connectivity index (χ3v) is 4.01. The molecule has 1 fully saturated rings. The van der Waals surface area contributed by atoms with Gasteiger partial charge in [-0.3, -0.25) is 4.68 Å². The fourth-order valence-electron chi connectivity index (χ4n) is 2.42. The summed E-state index contributed by atoms with van der Waals surface area (Å²) in [5.41, 5.74) is 4.02. The highest BCUT2D eigenvalue weighted by Crippen LogP contribution is 2.22. The molecule has 3 heteroatoms. The quantitative estimate of drug-likeness (QED) is 0.910. The SMILES string of the molecule is CC(C)(C)c1ccc(Cn2ccc(CNC3CC3)n2)cc1. The van der Waals surface area contributed by atoms with E-state index in [0.29, 0.717) is 0 Å². The van der Waals surface area contributed by atoms with Crippen LogP contribution in [0.5, 0.6) is 0 Å². The van der Waals surface area contributed by atoms with E-state index in [-0.39, 0.29) is 5.41 Å². The first-order valence-corrected chi connectivity index (χ1v) is 7.86. The zero-order chi connectivity index (χ0) is 14.9. The lowest BCUT2D eigenvalue weighted by Gasteiger charge is -2.19. The van der Waals surface area contributed by atoms with Crippen LogP contribution in [0.4, 0.5) is 0 Å². The molecule has 0 spiro atoms. The van der Waals surface area contributed by atoms with Crippen LogP contribution in [0.2, 0.25) is 0 Å². The zero-order valence-electron chi connectivity index (χ0n) is 13.3. The Balaban J connectivity index is 1.60. The molecule has 112 valence electrons. The number of aromatic nitrogens is 2. The molecule has 0 unspecified atom stereocenters. The molecular weight excluding hydrogens is 258 g/mol. The van der Waals surface area contributed by atoms with Gasteiger partial charge in [-0.1, -0.05) is 45.0 Å². The Kier molecular flexibility index (Phi) is 3.85. The van der Waals surface area contributed by atoms with Crippen molar-refractivity contribution in [2.24, 2.45) is 0 Å². The number of nitrogens with zero attached hydrogens (tertiary/aromatic N) is 2. The molecule has 1 heterocycles. The third-order valence-electron chi connectivity index (χ3n) is 4.01. The van der Waals surface area contributed by atoms with E-state index in [9.17, 15) is 0 Å². The Hall–Kier alpha value is -1.61. The normalized spacial score (nSPS) is 15.4. The second-order valence-corrected chi connectivity index (χ2v) is 7.11. The van der Waals surface area contributed by atoms with Crippen molar-refractivity contribution in [1.82, 2.24) is 15.1 Å². The molecule has 1 N–H and O–H groups in total. The number of nitrogens with one attached hydrogen (secondary N) is 1. The van der Waals surface area contributed by atoms with Crippen LogP contribution >= 0.6 is 0 Å². The van der Waals surface area contributed by atoms with E-state index < -0.39 is 0 Å². The molecule has 21 heavy (non-hydrogen) atoms. The molecule has 0 amide bonds. The van der Waals surface area contributed by atoms with Gasteiger partial charge < -0.3 is 5.32 Å². The Bertz CT molecular complexity index is 586. The van der Waals surface area contributed by atoms with Crippen molar-refractivity contribution in [3.63, 3.8) is 0 Å². The summed E-state index contributed by atoms with van der Waals surface area (Å²) in [5.74, 6) is 0. The summed E-state index contributed by atoms with van der Waals surface area (Å²) in [4.78, 5) is 0. The predicted molar refractivity (Wildman–Crippen MR) is 86.3 cm³/mol. The molecule has 1 aliphatic rings. The van der Waals surface area contributed by atoms with Gasteiger partial charge >= 0.3 is 0 Å². The Labute approximate surface area is 127 Å². The minimum absolute atomic E-state index is 0.214. The van der Waals surface area contributed by atoms with Crippen molar-refractivity contribution in [3.8, 4) is 0 Å². The Morgan fingerprint density at radius 2 is 1.86 bits per heavy atom. The van der Waals surface area contributed by atoms with E-state index in [4.69, 9.17) is 0 Å². The topological polar surface area (TPSA) is 29.9 Å². The second kappa shape index (κ2) is 5.64. The number of hydrogen-bond acceptors (Lipinski definition) is 2. The van der Waals surface area contributed by atoms with Gasteiger partial charge in [0.2, 0.25) is 0 Å². The van der Waals surface area contributed by atoms with E-state index in [1.807, 2.05) is 4.68 Å². The third kappa shape index (κ3) is 3.94. The molecule has 1 aromatic heterocycles. The molecule has 3 rings (SSSR count). The van der Waals surface area contributed by atoms with Gasteiger partial charge in [0.15, 0.2) is 0 Å². The van der Waals surface area contributed by atoms with Crippen molar-refractivity contribution < 1.29 is 0 Å². The molecule has 0 saturated heterocycles. The van der Waals surface area contributed by atoms with Crippen molar-refractivity contribution in [2.75, 3.05) is 0 Å². The molecule has 0 atom stereocenters. The molecule has 3 nitrogen and oxygen atoms in total. The predicted octanol–water partition coefficient (Wildman–Crippen LogP) is 3.48. The van der Waals surface area contributed by atoms with Crippen LogP contribution in [0.1, 0.15) is 50.4 Å². The number of hydrogen-bond donors (Lipinski definition) is 1. The van der Waals surface area contributed by atoms with Gasteiger partial charge in [0.05, 0.1) is 12.2 Å². The Morgan fingerprint density at radius 1 is 1.14 bits per heavy atom. The van der Waals surface area contributed by atoms with Crippen LogP contribution in [0.15, 0.2) is 36.5 Å². The van der Waals surface area contributed by atoms with Crippen molar-refractivity contribution in [1.29, 1.82) is 0 Å². The summed E-state index contributed by atoms with van der Waals surface area (Å²) in [7, 11) is 0. The van der Waals surface area contributed by atoms with Gasteiger partial charge in [-0.25, -0.2) is 0 Å². The second-order valence-electron chi connectivity index (χ2n) is 7.11. The minimum atomic E-state index is 0.214. The molecule has 1 aliphatic carbocycles. The summed E-state index contributed by atoms with van der Waals surface area (Å²) in [6.07, 6.45) is 4.71. The first kappa shape index (κ1) is 14.3. The standard InChI is InChI=1S/C18H25N3/c1-18(2,3)15-6-4-14(5-7-15)13-21-11-10-17(20-21)12-19-16-8-9-16/h4-7,10-11,16,19H,8-9,12-13H2,1-3H3. The summed E-state index contributed by atoms with van der Waals surface area (Å²) in [6, 6.07) is 11.7. The van der Waals surface area contributed by atoms with E-state index in [1.54, 1.807) is 0 Å². The summed E-state index contributed by atoms with van der Waals surface area (Å²) in [6.45, 7) is 8.46. The maximum absolute atomic E-state index is 4.63. The summed E-state index contributed by atoms with van der Waals surface area (Å²) >= 11 is 0. The first-order valence-electron chi connectivity index (χ1n) is 7.86. The maximum Gasteiger partial charge on any atom is 0.0762 e. The molecule has 1 saturated carbocycles. The lowest BCUT2D eigenvalue weighted by Crippen LogP contribution is -2.16. The monoisotopic (exact) mass is 283 g/mol. The van der Waals surface area contributed by atoms with Crippen LogP contribution in [0.3, 0.4) is 0 Å². The van der Waals surface area contributed by atoms with Gasteiger partial charge in [-0.2, -0.15) is 5.10 Å². The smallest absolute Gasteiger partial charge is 0.0762 e. The number of rotatable bonds is 5. The highest BCUT2D eigenvalue weighted by molar-refractivity contribution is 5.27. The van der Waals surface area contributed by atoms with E-state index in [2.05, 4.69) is 67.7 Å². The van der Waals surface area contributed by atoms with E-state index in [0.717, 1.165) is 24.8 Å². The lowest BCUT2D eigenvalue weighted by molar-refractivity contribution is 0.589. The molecule has 0 radical (unpaired) electrons. The van der Waals surface area contributed by atoms with Crippen LogP contribution < -0.4 is 5.32 Å². The van der Waals surface area contributed by atoms with Crippen LogP contribution in [0.25, 0.3) is 0 Å². The molecule has 0 aliphatic heterocycles. The van der Waals surface area contributed by atoms with Crippen molar-refractivity contribution >= 4 is 0 Å². The molecule has 1 aromatic carbocycles. The van der Waals surface area contributed by atoms with E-state index in [1.165, 1.54) is 24.0 Å². The molecular formula is C18H25N3. The largest absolute Gasteiger partial charge is 0.308 e. The van der Waals surface area contributed by atoms with Crippen molar-refractivity contribution in [3.05, 3.63) is 53.3 Å². The average Bonchev–Trinajstić information content (AvgIpc) is 3.16. The van der Waals surface area contributed by atoms with Crippen molar-refractivity contribution in [2.45, 2.75) is 58.2 Å². The molecule has 2 aromatic rings. The highest BCUT2D eigenvalue weighted by Gasteiger charge is 2.20. The highest BCUT2D eigenvalue weighted by atomic mass is 15.3. The van der Waals surface area contributed by atoms with Gasteiger partial charge in [0, 0.05) is 18.8 Å². The first-order chi connectivity index (χ1) is 10.0. The zero-order valence-corrected chi connectivity index (χ0v) is 13.3. The summed E-state index contributed by atoms with van der Waals surface area (Å²) in [5, 5.41) is 8.13. The van der Waals surface area contributed by atoms with Crippen LogP contribution in [-0.4, -0.2) is 15.8 Å². The lowest BCUT2D eigenvalue weighted by atomic mass is 9.87. The fourth-order valence-corrected chi connectivity index (χ4v) is 2.42. The van der Waals surface area contributed by atoms with Gasteiger partial charge in [0.1, 0.15) is 0 Å². The average molecular weight is 283 g/mol.